The van der Waals surface area contributed by atoms with Gasteiger partial charge in [0.15, 0.2) is 5.84 Å². The van der Waals surface area contributed by atoms with E-state index < -0.39 is 5.41 Å². The van der Waals surface area contributed by atoms with Crippen LogP contribution in [-0.2, 0) is 11.2 Å². The molecule has 0 atom stereocenters. The van der Waals surface area contributed by atoms with Gasteiger partial charge in [-0.15, -0.1) is 0 Å². The fourth-order valence-electron chi connectivity index (χ4n) is 1.95. The molecule has 2 rings (SSSR count). The molecule has 1 aliphatic rings. The minimum atomic E-state index is -0.758. The number of oxime groups is 1. The third kappa shape index (κ3) is 2.45. The summed E-state index contributed by atoms with van der Waals surface area (Å²) in [5.74, 6) is -0.131. The number of rotatable bonds is 5. The molecule has 0 aliphatic heterocycles. The highest BCUT2D eigenvalue weighted by Gasteiger charge is 2.53. The van der Waals surface area contributed by atoms with Crippen LogP contribution in [0.2, 0.25) is 0 Å². The molecule has 0 saturated heterocycles. The highest BCUT2D eigenvalue weighted by molar-refractivity contribution is 6.09. The van der Waals surface area contributed by atoms with E-state index in [-0.39, 0.29) is 11.7 Å². The number of carbonyl (C=O) groups is 1. The van der Waals surface area contributed by atoms with Crippen molar-refractivity contribution in [2.24, 2.45) is 16.3 Å². The van der Waals surface area contributed by atoms with E-state index in [1.165, 1.54) is 5.56 Å². The smallest absolute Gasteiger partial charge is 0.233 e. The van der Waals surface area contributed by atoms with Crippen LogP contribution in [0.3, 0.4) is 0 Å². The van der Waals surface area contributed by atoms with E-state index in [0.717, 1.165) is 6.42 Å². The Bertz CT molecular complexity index is 453. The monoisotopic (exact) mass is 247 g/mol. The summed E-state index contributed by atoms with van der Waals surface area (Å²) in [6.45, 7) is 0.559. The van der Waals surface area contributed by atoms with Gasteiger partial charge in [0.2, 0.25) is 5.91 Å². The van der Waals surface area contributed by atoms with E-state index >= 15 is 0 Å². The first-order valence-electron chi connectivity index (χ1n) is 5.99. The average molecular weight is 247 g/mol. The van der Waals surface area contributed by atoms with Crippen LogP contribution in [0.25, 0.3) is 0 Å². The van der Waals surface area contributed by atoms with Crippen LogP contribution in [-0.4, -0.2) is 23.5 Å². The SMILES string of the molecule is N/C(=N/O)C1(C(=O)NCCc2ccccc2)CC1. The van der Waals surface area contributed by atoms with Crippen LogP contribution < -0.4 is 11.1 Å². The number of nitrogens with two attached hydrogens (primary N) is 1. The van der Waals surface area contributed by atoms with E-state index in [2.05, 4.69) is 10.5 Å². The van der Waals surface area contributed by atoms with Gasteiger partial charge in [-0.1, -0.05) is 35.5 Å². The molecule has 96 valence electrons. The maximum absolute atomic E-state index is 11.9. The van der Waals surface area contributed by atoms with Crippen molar-refractivity contribution in [3.05, 3.63) is 35.9 Å². The first-order valence-corrected chi connectivity index (χ1v) is 5.99. The van der Waals surface area contributed by atoms with Gasteiger partial charge in [-0.3, -0.25) is 4.79 Å². The highest BCUT2D eigenvalue weighted by atomic mass is 16.4. The lowest BCUT2D eigenvalue weighted by Gasteiger charge is -2.13. The number of nitrogens with one attached hydrogen (secondary N) is 1. The molecule has 1 fully saturated rings. The summed E-state index contributed by atoms with van der Waals surface area (Å²) in [5.41, 5.74) is 5.95. The van der Waals surface area contributed by atoms with Crippen LogP contribution >= 0.6 is 0 Å². The average Bonchev–Trinajstić information content (AvgIpc) is 3.20. The standard InChI is InChI=1S/C13H17N3O2/c14-11(16-18)13(7-8-13)12(17)15-9-6-10-4-2-1-3-5-10/h1-5,18H,6-9H2,(H2,14,16)(H,15,17). The molecule has 18 heavy (non-hydrogen) atoms. The van der Waals surface area contributed by atoms with Gasteiger partial charge in [0.25, 0.3) is 0 Å². The molecule has 5 nitrogen and oxygen atoms in total. The number of nitrogens with zero attached hydrogens (tertiary/aromatic N) is 1. The van der Waals surface area contributed by atoms with Gasteiger partial charge in [-0.25, -0.2) is 0 Å². The lowest BCUT2D eigenvalue weighted by Crippen LogP contribution is -2.41. The van der Waals surface area contributed by atoms with E-state index in [4.69, 9.17) is 10.9 Å². The molecule has 0 aromatic heterocycles. The normalized spacial score (nSPS) is 17.2. The Balaban J connectivity index is 1.83. The maximum atomic E-state index is 11.9. The second-order valence-electron chi connectivity index (χ2n) is 4.56. The third-order valence-corrected chi connectivity index (χ3v) is 3.32. The number of benzene rings is 1. The number of hydrogen-bond acceptors (Lipinski definition) is 3. The van der Waals surface area contributed by atoms with Gasteiger partial charge >= 0.3 is 0 Å². The Morgan fingerprint density at radius 2 is 2.06 bits per heavy atom. The number of amidine groups is 1. The molecule has 1 amide bonds. The van der Waals surface area contributed by atoms with Gasteiger partial charge in [-0.05, 0) is 24.8 Å². The van der Waals surface area contributed by atoms with E-state index in [1.807, 2.05) is 30.3 Å². The lowest BCUT2D eigenvalue weighted by atomic mass is 10.1. The van der Waals surface area contributed by atoms with Crippen LogP contribution in [0.5, 0.6) is 0 Å². The van der Waals surface area contributed by atoms with E-state index in [9.17, 15) is 4.79 Å². The zero-order chi connectivity index (χ0) is 13.0. The Labute approximate surface area is 106 Å². The minimum Gasteiger partial charge on any atom is -0.409 e. The Morgan fingerprint density at radius 1 is 1.39 bits per heavy atom. The molecule has 0 bridgehead atoms. The molecule has 1 aromatic rings. The molecule has 5 heteroatoms. The first-order chi connectivity index (χ1) is 8.69. The van der Waals surface area contributed by atoms with Gasteiger partial charge in [0.1, 0.15) is 5.41 Å². The maximum Gasteiger partial charge on any atom is 0.233 e. The van der Waals surface area contributed by atoms with Crippen LogP contribution in [0.1, 0.15) is 18.4 Å². The van der Waals surface area contributed by atoms with Crippen LogP contribution in [0.15, 0.2) is 35.5 Å². The van der Waals surface area contributed by atoms with Crippen molar-refractivity contribution in [3.63, 3.8) is 0 Å². The summed E-state index contributed by atoms with van der Waals surface area (Å²) in [5, 5.41) is 14.4. The molecular weight excluding hydrogens is 230 g/mol. The van der Waals surface area contributed by atoms with Crippen molar-refractivity contribution in [1.29, 1.82) is 0 Å². The van der Waals surface area contributed by atoms with Crippen molar-refractivity contribution >= 4 is 11.7 Å². The third-order valence-electron chi connectivity index (χ3n) is 3.32. The Kier molecular flexibility index (Phi) is 3.50. The molecule has 0 heterocycles. The summed E-state index contributed by atoms with van der Waals surface area (Å²) >= 11 is 0. The summed E-state index contributed by atoms with van der Waals surface area (Å²) in [7, 11) is 0. The quantitative estimate of drug-likeness (QED) is 0.312. The summed E-state index contributed by atoms with van der Waals surface area (Å²) in [6.07, 6.45) is 2.08. The predicted molar refractivity (Wildman–Crippen MR) is 68.2 cm³/mol. The molecule has 0 radical (unpaired) electrons. The summed E-state index contributed by atoms with van der Waals surface area (Å²) < 4.78 is 0. The van der Waals surface area contributed by atoms with E-state index in [1.54, 1.807) is 0 Å². The second kappa shape index (κ2) is 5.08. The first kappa shape index (κ1) is 12.4. The van der Waals surface area contributed by atoms with Gasteiger partial charge < -0.3 is 16.3 Å². The zero-order valence-electron chi connectivity index (χ0n) is 10.1. The highest BCUT2D eigenvalue weighted by Crippen LogP contribution is 2.45. The number of carbonyl (C=O) groups excluding carboxylic acids is 1. The van der Waals surface area contributed by atoms with Gasteiger partial charge in [-0.2, -0.15) is 0 Å². The largest absolute Gasteiger partial charge is 0.409 e. The molecule has 1 saturated carbocycles. The van der Waals surface area contributed by atoms with Crippen molar-refractivity contribution in [1.82, 2.24) is 5.32 Å². The summed E-state index contributed by atoms with van der Waals surface area (Å²) in [4.78, 5) is 11.9. The topological polar surface area (TPSA) is 87.7 Å². The van der Waals surface area contributed by atoms with Gasteiger partial charge in [0.05, 0.1) is 0 Å². The Morgan fingerprint density at radius 3 is 2.61 bits per heavy atom. The van der Waals surface area contributed by atoms with Crippen molar-refractivity contribution in [2.45, 2.75) is 19.3 Å². The van der Waals surface area contributed by atoms with Crippen LogP contribution in [0.4, 0.5) is 0 Å². The van der Waals surface area contributed by atoms with Crippen molar-refractivity contribution in [2.75, 3.05) is 6.54 Å². The number of hydrogen-bond donors (Lipinski definition) is 3. The fourth-order valence-corrected chi connectivity index (χ4v) is 1.95. The zero-order valence-corrected chi connectivity index (χ0v) is 10.1. The fraction of sp³-hybridized carbons (Fsp3) is 0.385. The molecule has 1 aliphatic carbocycles. The van der Waals surface area contributed by atoms with Gasteiger partial charge in [0, 0.05) is 6.54 Å². The second-order valence-corrected chi connectivity index (χ2v) is 4.56. The molecule has 4 N–H and O–H groups in total. The number of amides is 1. The van der Waals surface area contributed by atoms with E-state index in [0.29, 0.717) is 19.4 Å². The molecule has 0 spiro atoms. The van der Waals surface area contributed by atoms with Crippen molar-refractivity contribution < 1.29 is 10.0 Å². The Hall–Kier alpha value is -2.04. The molecule has 0 unspecified atom stereocenters. The predicted octanol–water partition coefficient (Wildman–Crippen LogP) is 0.872. The summed E-state index contributed by atoms with van der Waals surface area (Å²) in [6, 6.07) is 9.93. The molecule has 1 aromatic carbocycles. The van der Waals surface area contributed by atoms with Crippen molar-refractivity contribution in [3.8, 4) is 0 Å². The van der Waals surface area contributed by atoms with Crippen LogP contribution in [0, 0.1) is 5.41 Å². The lowest BCUT2D eigenvalue weighted by molar-refractivity contribution is -0.124. The minimum absolute atomic E-state index is 0.0136. The molecular formula is C13H17N3O2.